The average Bonchev–Trinajstić information content (AvgIpc) is 3.14. The van der Waals surface area contributed by atoms with E-state index in [9.17, 15) is 4.79 Å². The molecule has 1 aromatic carbocycles. The second-order valence-electron chi connectivity index (χ2n) is 9.51. The number of benzene rings is 1. The SMILES string of the molecule is Cc1cc2c(cc1Cc1ccc(C(=O)N(CC#N)CC#N)o1)C(C)(C)CCC2(C)C. The number of nitrogens with zero attached hydrogens (tertiary/aromatic N) is 3. The number of hydrogen-bond acceptors (Lipinski definition) is 4. The number of hydrogen-bond donors (Lipinski definition) is 0. The summed E-state index contributed by atoms with van der Waals surface area (Å²) >= 11 is 0. The first kappa shape index (κ1) is 21.7. The molecule has 0 unspecified atom stereocenters. The number of carbonyl (C=O) groups excluding carboxylic acids is 1. The van der Waals surface area contributed by atoms with Crippen LogP contribution in [0, 0.1) is 29.6 Å². The summed E-state index contributed by atoms with van der Waals surface area (Å²) in [5.41, 5.74) is 5.55. The van der Waals surface area contributed by atoms with Crippen molar-refractivity contribution in [2.24, 2.45) is 0 Å². The minimum absolute atomic E-state index is 0.132. The third kappa shape index (κ3) is 4.12. The molecule has 2 aromatic rings. The van der Waals surface area contributed by atoms with E-state index >= 15 is 0 Å². The van der Waals surface area contributed by atoms with Crippen LogP contribution in [0.2, 0.25) is 0 Å². The molecule has 1 aromatic heterocycles. The number of fused-ring (bicyclic) bond motifs is 1. The highest BCUT2D eigenvalue weighted by Gasteiger charge is 2.37. The average molecular weight is 404 g/mol. The number of nitriles is 2. The summed E-state index contributed by atoms with van der Waals surface area (Å²) in [6, 6.07) is 11.9. The Hall–Kier alpha value is -3.05. The Balaban J connectivity index is 1.89. The number of amides is 1. The Morgan fingerprint density at radius 1 is 1.03 bits per heavy atom. The molecule has 5 heteroatoms. The third-order valence-corrected chi connectivity index (χ3v) is 6.36. The quantitative estimate of drug-likeness (QED) is 0.657. The molecule has 0 atom stereocenters. The van der Waals surface area contributed by atoms with E-state index in [0.717, 1.165) is 6.42 Å². The first-order chi connectivity index (χ1) is 14.1. The highest BCUT2D eigenvalue weighted by Crippen LogP contribution is 2.46. The third-order valence-electron chi connectivity index (χ3n) is 6.36. The number of aryl methyl sites for hydroxylation is 1. The molecule has 1 aliphatic carbocycles. The van der Waals surface area contributed by atoms with Crippen molar-refractivity contribution < 1.29 is 9.21 Å². The summed E-state index contributed by atoms with van der Waals surface area (Å²) in [7, 11) is 0. The smallest absolute Gasteiger partial charge is 0.291 e. The topological polar surface area (TPSA) is 81.0 Å². The second kappa shape index (κ2) is 8.00. The highest BCUT2D eigenvalue weighted by molar-refractivity contribution is 5.91. The van der Waals surface area contributed by atoms with Crippen molar-refractivity contribution in [3.05, 3.63) is 58.0 Å². The molecule has 0 bridgehead atoms. The van der Waals surface area contributed by atoms with Gasteiger partial charge in [0.25, 0.3) is 5.91 Å². The van der Waals surface area contributed by atoms with Gasteiger partial charge in [-0.25, -0.2) is 0 Å². The largest absolute Gasteiger partial charge is 0.456 e. The normalized spacial score (nSPS) is 16.2. The van der Waals surface area contributed by atoms with Gasteiger partial charge in [-0.15, -0.1) is 0 Å². The summed E-state index contributed by atoms with van der Waals surface area (Å²) in [5, 5.41) is 17.8. The lowest BCUT2D eigenvalue weighted by Gasteiger charge is -2.42. The number of carbonyl (C=O) groups is 1. The summed E-state index contributed by atoms with van der Waals surface area (Å²) in [5.74, 6) is 0.421. The van der Waals surface area contributed by atoms with Crippen LogP contribution in [0.1, 0.15) is 79.1 Å². The van der Waals surface area contributed by atoms with Gasteiger partial charge in [0, 0.05) is 6.42 Å². The van der Waals surface area contributed by atoms with E-state index in [4.69, 9.17) is 14.9 Å². The van der Waals surface area contributed by atoms with E-state index in [2.05, 4.69) is 46.8 Å². The fraction of sp³-hybridized carbons (Fsp3) is 0.480. The highest BCUT2D eigenvalue weighted by atomic mass is 16.4. The summed E-state index contributed by atoms with van der Waals surface area (Å²) < 4.78 is 5.80. The van der Waals surface area contributed by atoms with Gasteiger partial charge >= 0.3 is 0 Å². The lowest BCUT2D eigenvalue weighted by atomic mass is 9.62. The van der Waals surface area contributed by atoms with Gasteiger partial charge < -0.3 is 9.32 Å². The van der Waals surface area contributed by atoms with E-state index in [1.165, 1.54) is 33.6 Å². The molecule has 1 amide bonds. The van der Waals surface area contributed by atoms with Crippen molar-refractivity contribution >= 4 is 5.91 Å². The van der Waals surface area contributed by atoms with Crippen LogP contribution in [0.5, 0.6) is 0 Å². The van der Waals surface area contributed by atoms with Crippen molar-refractivity contribution in [3.8, 4) is 12.1 Å². The first-order valence-corrected chi connectivity index (χ1v) is 10.4. The van der Waals surface area contributed by atoms with E-state index in [0.29, 0.717) is 12.2 Å². The fourth-order valence-electron chi connectivity index (χ4n) is 4.26. The molecule has 30 heavy (non-hydrogen) atoms. The van der Waals surface area contributed by atoms with Crippen LogP contribution in [0.15, 0.2) is 28.7 Å². The van der Waals surface area contributed by atoms with Crippen LogP contribution in [-0.2, 0) is 17.3 Å². The molecule has 0 fully saturated rings. The summed E-state index contributed by atoms with van der Waals surface area (Å²) in [4.78, 5) is 13.7. The van der Waals surface area contributed by atoms with Crippen LogP contribution in [0.3, 0.4) is 0 Å². The van der Waals surface area contributed by atoms with Gasteiger partial charge in [0.05, 0.1) is 12.1 Å². The van der Waals surface area contributed by atoms with Gasteiger partial charge in [-0.1, -0.05) is 39.8 Å². The van der Waals surface area contributed by atoms with Gasteiger partial charge in [-0.2, -0.15) is 10.5 Å². The standard InChI is InChI=1S/C25H29N3O2/c1-17-14-20-21(25(4,5)9-8-24(20,2)3)16-18(17)15-19-6-7-22(30-19)23(29)28(12-10-26)13-11-27/h6-7,14,16H,8-9,12-13,15H2,1-5H3. The number of rotatable bonds is 5. The maximum absolute atomic E-state index is 12.5. The zero-order valence-corrected chi connectivity index (χ0v) is 18.5. The van der Waals surface area contributed by atoms with Gasteiger partial charge in [0.15, 0.2) is 5.76 Å². The molecule has 156 valence electrons. The monoisotopic (exact) mass is 403 g/mol. The van der Waals surface area contributed by atoms with Crippen molar-refractivity contribution in [2.75, 3.05) is 13.1 Å². The van der Waals surface area contributed by atoms with E-state index in [-0.39, 0.29) is 29.7 Å². The predicted octanol–water partition coefficient (Wildman–Crippen LogP) is 5.02. The maximum Gasteiger partial charge on any atom is 0.291 e. The van der Waals surface area contributed by atoms with Crippen molar-refractivity contribution in [1.29, 1.82) is 10.5 Å². The van der Waals surface area contributed by atoms with Gasteiger partial charge in [0.1, 0.15) is 18.8 Å². The van der Waals surface area contributed by atoms with Crippen LogP contribution < -0.4 is 0 Å². The second-order valence-corrected chi connectivity index (χ2v) is 9.51. The van der Waals surface area contributed by atoms with Crippen LogP contribution in [0.4, 0.5) is 0 Å². The minimum atomic E-state index is -0.436. The molecular weight excluding hydrogens is 374 g/mol. The zero-order valence-electron chi connectivity index (χ0n) is 18.5. The molecule has 0 spiro atoms. The molecule has 1 heterocycles. The van der Waals surface area contributed by atoms with Gasteiger partial charge in [0.2, 0.25) is 0 Å². The maximum atomic E-state index is 12.5. The lowest BCUT2D eigenvalue weighted by Crippen LogP contribution is -2.34. The minimum Gasteiger partial charge on any atom is -0.456 e. The van der Waals surface area contributed by atoms with Gasteiger partial charge in [-0.05, 0) is 65.0 Å². The lowest BCUT2D eigenvalue weighted by molar-refractivity contribution is 0.0761. The van der Waals surface area contributed by atoms with E-state index < -0.39 is 5.91 Å². The molecular formula is C25H29N3O2. The predicted molar refractivity (Wildman–Crippen MR) is 115 cm³/mol. The molecule has 0 N–H and O–H groups in total. The van der Waals surface area contributed by atoms with E-state index in [1.54, 1.807) is 12.1 Å². The molecule has 0 radical (unpaired) electrons. The van der Waals surface area contributed by atoms with Crippen LogP contribution in [0.25, 0.3) is 0 Å². The molecule has 0 saturated carbocycles. The first-order valence-electron chi connectivity index (χ1n) is 10.4. The molecule has 3 rings (SSSR count). The fourth-order valence-corrected chi connectivity index (χ4v) is 4.26. The van der Waals surface area contributed by atoms with Crippen molar-refractivity contribution in [3.63, 3.8) is 0 Å². The molecule has 0 saturated heterocycles. The van der Waals surface area contributed by atoms with Crippen molar-refractivity contribution in [1.82, 2.24) is 4.90 Å². The van der Waals surface area contributed by atoms with Crippen molar-refractivity contribution in [2.45, 2.75) is 64.7 Å². The van der Waals surface area contributed by atoms with Gasteiger partial charge in [-0.3, -0.25) is 4.79 Å². The molecule has 0 aliphatic heterocycles. The Morgan fingerprint density at radius 3 is 2.17 bits per heavy atom. The van der Waals surface area contributed by atoms with Crippen LogP contribution in [-0.4, -0.2) is 23.9 Å². The Bertz CT molecular complexity index is 1030. The Morgan fingerprint density at radius 2 is 1.60 bits per heavy atom. The molecule has 1 aliphatic rings. The summed E-state index contributed by atoms with van der Waals surface area (Å²) in [6.45, 7) is 11.1. The van der Waals surface area contributed by atoms with Crippen LogP contribution >= 0.6 is 0 Å². The Kier molecular flexibility index (Phi) is 5.77. The Labute approximate surface area is 178 Å². The summed E-state index contributed by atoms with van der Waals surface area (Å²) in [6.07, 6.45) is 2.93. The zero-order chi connectivity index (χ0) is 22.1. The van der Waals surface area contributed by atoms with E-state index in [1.807, 2.05) is 12.1 Å². The molecule has 5 nitrogen and oxygen atoms in total. The number of furan rings is 1.